The number of rotatable bonds is 2. The third-order valence-electron chi connectivity index (χ3n) is 3.85. The van der Waals surface area contributed by atoms with Crippen LogP contribution in [0.1, 0.15) is 23.2 Å². The summed E-state index contributed by atoms with van der Waals surface area (Å²) in [6.07, 6.45) is 2.59. The third-order valence-corrected chi connectivity index (χ3v) is 4.65. The summed E-state index contributed by atoms with van der Waals surface area (Å²) in [4.78, 5) is 16.6. The van der Waals surface area contributed by atoms with Crippen LogP contribution in [0.5, 0.6) is 0 Å². The summed E-state index contributed by atoms with van der Waals surface area (Å²) in [5, 5.41) is 0. The Morgan fingerprint density at radius 2 is 1.89 bits per heavy atom. The van der Waals surface area contributed by atoms with Gasteiger partial charge in [-0.15, -0.1) is 0 Å². The summed E-state index contributed by atoms with van der Waals surface area (Å²) in [7, 11) is 0. The van der Waals surface area contributed by atoms with Gasteiger partial charge in [-0.25, -0.2) is 4.39 Å². The molecule has 0 spiro atoms. The number of nitrogens with zero attached hydrogens (tertiary/aromatic N) is 2. The van der Waals surface area contributed by atoms with Crippen LogP contribution in [0.4, 0.5) is 4.39 Å². The van der Waals surface area contributed by atoms with Crippen molar-refractivity contribution in [2.75, 3.05) is 26.2 Å². The van der Waals surface area contributed by atoms with Crippen molar-refractivity contribution in [1.29, 1.82) is 0 Å². The number of hydrogen-bond acceptors (Lipinski definition) is 2. The first-order chi connectivity index (χ1) is 9.16. The molecule has 2 aliphatic rings. The van der Waals surface area contributed by atoms with E-state index in [4.69, 9.17) is 0 Å². The van der Waals surface area contributed by atoms with Crippen LogP contribution in [0.2, 0.25) is 0 Å². The average Bonchev–Trinajstić information content (AvgIpc) is 3.26. The molecule has 0 atom stereocenters. The number of carbonyl (C=O) groups excluding carboxylic acids is 1. The van der Waals surface area contributed by atoms with Crippen molar-refractivity contribution < 1.29 is 9.18 Å². The Kier molecular flexibility index (Phi) is 3.58. The average molecular weight is 327 g/mol. The third kappa shape index (κ3) is 2.67. The smallest absolute Gasteiger partial charge is 0.255 e. The van der Waals surface area contributed by atoms with E-state index in [0.717, 1.165) is 32.2 Å². The van der Waals surface area contributed by atoms with Crippen LogP contribution in [-0.4, -0.2) is 47.9 Å². The zero-order valence-corrected chi connectivity index (χ0v) is 12.2. The maximum Gasteiger partial charge on any atom is 0.255 e. The molecule has 0 bridgehead atoms. The van der Waals surface area contributed by atoms with Gasteiger partial charge in [0.15, 0.2) is 0 Å². The zero-order valence-electron chi connectivity index (χ0n) is 10.6. The molecule has 2 fully saturated rings. The second-order valence-corrected chi connectivity index (χ2v) is 5.95. The van der Waals surface area contributed by atoms with Crippen LogP contribution in [0.3, 0.4) is 0 Å². The summed E-state index contributed by atoms with van der Waals surface area (Å²) in [6.45, 7) is 3.34. The van der Waals surface area contributed by atoms with Crippen molar-refractivity contribution in [2.24, 2.45) is 0 Å². The van der Waals surface area contributed by atoms with E-state index < -0.39 is 0 Å². The van der Waals surface area contributed by atoms with Gasteiger partial charge in [-0.2, -0.15) is 0 Å². The number of piperazine rings is 1. The van der Waals surface area contributed by atoms with Crippen molar-refractivity contribution in [3.8, 4) is 0 Å². The predicted octanol–water partition coefficient (Wildman–Crippen LogP) is 2.51. The molecule has 1 saturated heterocycles. The van der Waals surface area contributed by atoms with Crippen LogP contribution in [0.25, 0.3) is 0 Å². The molecule has 102 valence electrons. The summed E-state index contributed by atoms with van der Waals surface area (Å²) in [5.74, 6) is -0.468. The molecule has 1 amide bonds. The van der Waals surface area contributed by atoms with Gasteiger partial charge in [0.05, 0.1) is 10.0 Å². The lowest BCUT2D eigenvalue weighted by Gasteiger charge is -2.35. The zero-order chi connectivity index (χ0) is 13.4. The van der Waals surface area contributed by atoms with Gasteiger partial charge < -0.3 is 4.90 Å². The molecule has 3 nitrogen and oxygen atoms in total. The molecule has 0 N–H and O–H groups in total. The van der Waals surface area contributed by atoms with Gasteiger partial charge in [0.1, 0.15) is 5.82 Å². The van der Waals surface area contributed by atoms with E-state index in [2.05, 4.69) is 20.8 Å². The van der Waals surface area contributed by atoms with Crippen molar-refractivity contribution in [2.45, 2.75) is 18.9 Å². The molecule has 1 aromatic rings. The number of amides is 1. The lowest BCUT2D eigenvalue weighted by atomic mass is 10.1. The van der Waals surface area contributed by atoms with E-state index in [9.17, 15) is 9.18 Å². The van der Waals surface area contributed by atoms with Crippen molar-refractivity contribution >= 4 is 21.8 Å². The van der Waals surface area contributed by atoms with Crippen LogP contribution in [-0.2, 0) is 0 Å². The molecule has 0 radical (unpaired) electrons. The number of carbonyl (C=O) groups is 1. The molecule has 5 heteroatoms. The minimum atomic E-state index is -0.387. The molecule has 1 aliphatic carbocycles. The highest BCUT2D eigenvalue weighted by molar-refractivity contribution is 9.10. The molecule has 0 aromatic heterocycles. The normalized spacial score (nSPS) is 20.6. The largest absolute Gasteiger partial charge is 0.336 e. The fourth-order valence-corrected chi connectivity index (χ4v) is 3.00. The Bertz CT molecular complexity index is 496. The van der Waals surface area contributed by atoms with Crippen molar-refractivity contribution in [3.63, 3.8) is 0 Å². The first kappa shape index (κ1) is 13.1. The first-order valence-corrected chi connectivity index (χ1v) is 7.43. The van der Waals surface area contributed by atoms with E-state index in [1.807, 2.05) is 4.90 Å². The fourth-order valence-electron chi connectivity index (χ4n) is 2.57. The second kappa shape index (κ2) is 5.21. The van der Waals surface area contributed by atoms with Crippen LogP contribution in [0, 0.1) is 5.82 Å². The van der Waals surface area contributed by atoms with Gasteiger partial charge in [0.25, 0.3) is 5.91 Å². The lowest BCUT2D eigenvalue weighted by Crippen LogP contribution is -2.49. The maximum absolute atomic E-state index is 13.5. The molecular formula is C14H16BrFN2O. The van der Waals surface area contributed by atoms with Gasteiger partial charge in [0.2, 0.25) is 0 Å². The highest BCUT2D eigenvalue weighted by Crippen LogP contribution is 2.28. The summed E-state index contributed by atoms with van der Waals surface area (Å²) < 4.78 is 13.7. The summed E-state index contributed by atoms with van der Waals surface area (Å²) in [5.41, 5.74) is 0.417. The molecule has 1 saturated carbocycles. The fraction of sp³-hybridized carbons (Fsp3) is 0.500. The highest BCUT2D eigenvalue weighted by Gasteiger charge is 2.32. The minimum Gasteiger partial charge on any atom is -0.336 e. The monoisotopic (exact) mass is 326 g/mol. The Labute approximate surface area is 120 Å². The summed E-state index contributed by atoms with van der Waals surface area (Å²) >= 11 is 3.16. The first-order valence-electron chi connectivity index (χ1n) is 6.64. The van der Waals surface area contributed by atoms with Crippen LogP contribution >= 0.6 is 15.9 Å². The van der Waals surface area contributed by atoms with E-state index in [-0.39, 0.29) is 16.2 Å². The number of halogens is 2. The summed E-state index contributed by atoms with van der Waals surface area (Å²) in [6, 6.07) is 5.35. The minimum absolute atomic E-state index is 0.0816. The maximum atomic E-state index is 13.5. The quantitative estimate of drug-likeness (QED) is 0.833. The van der Waals surface area contributed by atoms with Gasteiger partial charge in [-0.05, 0) is 40.9 Å². The Morgan fingerprint density at radius 1 is 1.21 bits per heavy atom. The highest BCUT2D eigenvalue weighted by atomic mass is 79.9. The molecule has 1 heterocycles. The molecule has 1 aromatic carbocycles. The van der Waals surface area contributed by atoms with Crippen LogP contribution < -0.4 is 0 Å². The Morgan fingerprint density at radius 3 is 2.53 bits per heavy atom. The molecule has 3 rings (SSSR count). The van der Waals surface area contributed by atoms with E-state index in [1.54, 1.807) is 12.1 Å². The van der Waals surface area contributed by atoms with E-state index >= 15 is 0 Å². The molecule has 0 unspecified atom stereocenters. The van der Waals surface area contributed by atoms with Gasteiger partial charge in [-0.3, -0.25) is 9.69 Å². The topological polar surface area (TPSA) is 23.6 Å². The Hall–Kier alpha value is -0.940. The lowest BCUT2D eigenvalue weighted by molar-refractivity contribution is 0.0626. The van der Waals surface area contributed by atoms with Gasteiger partial charge >= 0.3 is 0 Å². The standard InChI is InChI=1S/C14H16BrFN2O/c15-13-11(2-1-3-12(13)16)14(19)18-8-6-17(7-9-18)10-4-5-10/h1-3,10H,4-9H2. The predicted molar refractivity (Wildman–Crippen MR) is 74.6 cm³/mol. The molecule has 1 aliphatic heterocycles. The SMILES string of the molecule is O=C(c1cccc(F)c1Br)N1CCN(C2CC2)CC1. The van der Waals surface area contributed by atoms with E-state index in [0.29, 0.717) is 5.56 Å². The van der Waals surface area contributed by atoms with Gasteiger partial charge in [0, 0.05) is 32.2 Å². The van der Waals surface area contributed by atoms with Crippen molar-refractivity contribution in [1.82, 2.24) is 9.80 Å². The molecule has 19 heavy (non-hydrogen) atoms. The van der Waals surface area contributed by atoms with Crippen molar-refractivity contribution in [3.05, 3.63) is 34.1 Å². The number of benzene rings is 1. The second-order valence-electron chi connectivity index (χ2n) is 5.16. The Balaban J connectivity index is 1.69. The number of hydrogen-bond donors (Lipinski definition) is 0. The van der Waals surface area contributed by atoms with Crippen LogP contribution in [0.15, 0.2) is 22.7 Å². The van der Waals surface area contributed by atoms with E-state index in [1.165, 1.54) is 18.9 Å². The van der Waals surface area contributed by atoms with Gasteiger partial charge in [-0.1, -0.05) is 6.07 Å². The molecular weight excluding hydrogens is 311 g/mol.